The zero-order valence-corrected chi connectivity index (χ0v) is 19.4. The van der Waals surface area contributed by atoms with Gasteiger partial charge in [0.1, 0.15) is 10.7 Å². The van der Waals surface area contributed by atoms with E-state index in [0.717, 1.165) is 0 Å². The number of allylic oxidation sites excluding steroid dienone is 1. The number of Topliss-reactive ketones (excluding diaryl/α,β-unsaturated/α-hetero) is 1. The number of benzene rings is 3. The van der Waals surface area contributed by atoms with E-state index < -0.39 is 21.4 Å². The van der Waals surface area contributed by atoms with Crippen molar-refractivity contribution in [1.82, 2.24) is 0 Å². The van der Waals surface area contributed by atoms with Crippen molar-refractivity contribution >= 4 is 56.5 Å². The summed E-state index contributed by atoms with van der Waals surface area (Å²) in [7, 11) is -2.59. The van der Waals surface area contributed by atoms with Gasteiger partial charge in [0, 0.05) is 16.1 Å². The molecule has 160 valence electrons. The molecule has 0 amide bonds. The van der Waals surface area contributed by atoms with Crippen LogP contribution in [0, 0.1) is 0 Å². The number of ketones is 1. The van der Waals surface area contributed by atoms with Gasteiger partial charge in [0.15, 0.2) is 9.84 Å². The molecule has 0 saturated carbocycles. The van der Waals surface area contributed by atoms with Gasteiger partial charge in [-0.1, -0.05) is 59.1 Å². The molecule has 0 aromatic heterocycles. The van der Waals surface area contributed by atoms with E-state index in [-0.39, 0.29) is 15.5 Å². The van der Waals surface area contributed by atoms with Gasteiger partial charge in [-0.15, -0.1) is 0 Å². The van der Waals surface area contributed by atoms with Crippen LogP contribution in [0.25, 0.3) is 6.08 Å². The number of sulfone groups is 1. The van der Waals surface area contributed by atoms with Gasteiger partial charge >= 0.3 is 0 Å². The highest BCUT2D eigenvalue weighted by Crippen LogP contribution is 2.29. The summed E-state index contributed by atoms with van der Waals surface area (Å²) in [5.74, 6) is -0.638. The van der Waals surface area contributed by atoms with Crippen molar-refractivity contribution in [1.29, 1.82) is 0 Å². The minimum Gasteiger partial charge on any atom is -0.496 e. The lowest BCUT2D eigenvalue weighted by Crippen LogP contribution is -2.16. The second kappa shape index (κ2) is 9.88. The van der Waals surface area contributed by atoms with Crippen LogP contribution in [-0.2, 0) is 15.6 Å². The molecule has 31 heavy (non-hydrogen) atoms. The Hall–Kier alpha value is -2.31. The number of hydrogen-bond acceptors (Lipinski definition) is 4. The quantitative estimate of drug-likeness (QED) is 0.277. The number of carbonyl (C=O) groups excluding carboxylic acids is 1. The number of carbonyl (C=O) groups is 1. The predicted molar refractivity (Wildman–Crippen MR) is 126 cm³/mol. The third kappa shape index (κ3) is 5.69. The molecular weight excluding hydrogens is 479 g/mol. The highest BCUT2D eigenvalue weighted by molar-refractivity contribution is 7.95. The normalized spacial score (nSPS) is 11.9. The Morgan fingerprint density at radius 2 is 1.61 bits per heavy atom. The molecule has 0 aliphatic rings. The summed E-state index contributed by atoms with van der Waals surface area (Å²) in [5.41, 5.74) is 1.06. The molecular formula is C23H17Cl3O4S. The van der Waals surface area contributed by atoms with E-state index >= 15 is 0 Å². The molecule has 0 fully saturated rings. The third-order valence-corrected chi connectivity index (χ3v) is 7.11. The molecule has 4 nitrogen and oxygen atoms in total. The summed E-state index contributed by atoms with van der Waals surface area (Å²) in [5, 5.41) is 0.976. The van der Waals surface area contributed by atoms with Crippen molar-refractivity contribution in [2.24, 2.45) is 0 Å². The standard InChI is InChI=1S/C23H17Cl3O4S/c1-30-21-5-3-2-4-17(21)13-22(23(27)16-7-9-18(24)10-8-16)31(28,29)14-15-6-11-19(25)20(26)12-15/h2-13H,14H2,1H3. The Morgan fingerprint density at radius 3 is 2.26 bits per heavy atom. The summed E-state index contributed by atoms with van der Waals surface area (Å²) in [6, 6.07) is 17.4. The first kappa shape index (κ1) is 23.4. The second-order valence-corrected chi connectivity index (χ2v) is 9.80. The first-order valence-corrected chi connectivity index (χ1v) is 11.8. The lowest BCUT2D eigenvalue weighted by atomic mass is 10.1. The van der Waals surface area contributed by atoms with E-state index in [0.29, 0.717) is 26.9 Å². The van der Waals surface area contributed by atoms with Gasteiger partial charge in [-0.25, -0.2) is 8.42 Å². The zero-order chi connectivity index (χ0) is 22.6. The number of methoxy groups -OCH3 is 1. The largest absolute Gasteiger partial charge is 0.496 e. The minimum absolute atomic E-state index is 0.197. The summed E-state index contributed by atoms with van der Waals surface area (Å²) in [6.07, 6.45) is 1.32. The number of halogens is 3. The monoisotopic (exact) mass is 494 g/mol. The Labute approximate surface area is 195 Å². The van der Waals surface area contributed by atoms with Gasteiger partial charge in [0.2, 0.25) is 5.78 Å². The number of hydrogen-bond donors (Lipinski definition) is 0. The molecule has 0 saturated heterocycles. The molecule has 0 spiro atoms. The molecule has 0 bridgehead atoms. The summed E-state index contributed by atoms with van der Waals surface area (Å²) >= 11 is 17.9. The van der Waals surface area contributed by atoms with E-state index in [2.05, 4.69) is 0 Å². The van der Waals surface area contributed by atoms with Gasteiger partial charge in [0.05, 0.1) is 22.9 Å². The smallest absolute Gasteiger partial charge is 0.204 e. The molecule has 0 unspecified atom stereocenters. The maximum atomic E-state index is 13.4. The highest BCUT2D eigenvalue weighted by Gasteiger charge is 2.27. The van der Waals surface area contributed by atoms with E-state index in [1.807, 2.05) is 0 Å². The average Bonchev–Trinajstić information content (AvgIpc) is 2.74. The van der Waals surface area contributed by atoms with Crippen molar-refractivity contribution in [3.05, 3.63) is 103 Å². The highest BCUT2D eigenvalue weighted by atomic mass is 35.5. The second-order valence-electron chi connectivity index (χ2n) is 6.59. The fourth-order valence-electron chi connectivity index (χ4n) is 2.89. The predicted octanol–water partition coefficient (Wildman–Crippen LogP) is 6.49. The van der Waals surface area contributed by atoms with E-state index in [1.165, 1.54) is 49.6 Å². The van der Waals surface area contributed by atoms with Crippen LogP contribution < -0.4 is 4.74 Å². The van der Waals surface area contributed by atoms with Crippen LogP contribution in [0.4, 0.5) is 0 Å². The van der Waals surface area contributed by atoms with Crippen LogP contribution in [0.15, 0.2) is 71.6 Å². The number of para-hydroxylation sites is 1. The maximum Gasteiger partial charge on any atom is 0.204 e. The van der Waals surface area contributed by atoms with Crippen molar-refractivity contribution in [3.8, 4) is 5.75 Å². The molecule has 3 rings (SSSR count). The van der Waals surface area contributed by atoms with E-state index in [9.17, 15) is 13.2 Å². The Bertz CT molecular complexity index is 1250. The van der Waals surface area contributed by atoms with Crippen molar-refractivity contribution < 1.29 is 17.9 Å². The van der Waals surface area contributed by atoms with Gasteiger partial charge in [-0.2, -0.15) is 0 Å². The molecule has 0 heterocycles. The van der Waals surface area contributed by atoms with Gasteiger partial charge in [0.25, 0.3) is 0 Å². The number of rotatable bonds is 7. The van der Waals surface area contributed by atoms with Gasteiger partial charge in [-0.05, 0) is 54.1 Å². The lowest BCUT2D eigenvalue weighted by molar-refractivity contribution is 0.104. The lowest BCUT2D eigenvalue weighted by Gasteiger charge is -2.11. The fourth-order valence-corrected chi connectivity index (χ4v) is 4.82. The molecule has 0 N–H and O–H groups in total. The SMILES string of the molecule is COc1ccccc1C=C(C(=O)c1ccc(Cl)cc1)S(=O)(=O)Cc1ccc(Cl)c(Cl)c1. The van der Waals surface area contributed by atoms with Crippen LogP contribution in [0.5, 0.6) is 5.75 Å². The summed E-state index contributed by atoms with van der Waals surface area (Å²) in [4.78, 5) is 12.9. The van der Waals surface area contributed by atoms with E-state index in [4.69, 9.17) is 39.5 Å². The van der Waals surface area contributed by atoms with Gasteiger partial charge in [-0.3, -0.25) is 4.79 Å². The summed E-state index contributed by atoms with van der Waals surface area (Å²) < 4.78 is 32.0. The topological polar surface area (TPSA) is 60.4 Å². The maximum absolute atomic E-state index is 13.4. The minimum atomic E-state index is -4.06. The summed E-state index contributed by atoms with van der Waals surface area (Å²) in [6.45, 7) is 0. The molecule has 0 atom stereocenters. The Kier molecular flexibility index (Phi) is 7.44. The molecule has 0 radical (unpaired) electrons. The van der Waals surface area contributed by atoms with Crippen molar-refractivity contribution in [3.63, 3.8) is 0 Å². The third-order valence-electron chi connectivity index (χ3n) is 4.43. The fraction of sp³-hybridized carbons (Fsp3) is 0.0870. The van der Waals surface area contributed by atoms with Crippen LogP contribution in [0.3, 0.4) is 0 Å². The van der Waals surface area contributed by atoms with Crippen LogP contribution in [0.1, 0.15) is 21.5 Å². The van der Waals surface area contributed by atoms with E-state index in [1.54, 1.807) is 30.3 Å². The molecule has 3 aromatic carbocycles. The van der Waals surface area contributed by atoms with Gasteiger partial charge < -0.3 is 4.74 Å². The van der Waals surface area contributed by atoms with Crippen molar-refractivity contribution in [2.45, 2.75) is 5.75 Å². The van der Waals surface area contributed by atoms with Crippen LogP contribution in [-0.4, -0.2) is 21.3 Å². The number of ether oxygens (including phenoxy) is 1. The first-order chi connectivity index (χ1) is 14.7. The zero-order valence-electron chi connectivity index (χ0n) is 16.3. The molecule has 3 aromatic rings. The van der Waals surface area contributed by atoms with Crippen LogP contribution in [0.2, 0.25) is 15.1 Å². The molecule has 0 aliphatic heterocycles. The Balaban J connectivity index is 2.12. The van der Waals surface area contributed by atoms with Crippen molar-refractivity contribution in [2.75, 3.05) is 7.11 Å². The average molecular weight is 496 g/mol. The molecule has 8 heteroatoms. The first-order valence-electron chi connectivity index (χ1n) is 9.03. The Morgan fingerprint density at radius 1 is 0.935 bits per heavy atom. The van der Waals surface area contributed by atoms with Crippen LogP contribution >= 0.6 is 34.8 Å². The molecule has 0 aliphatic carbocycles.